The zero-order valence-electron chi connectivity index (χ0n) is 12.8. The Morgan fingerprint density at radius 3 is 2.95 bits per heavy atom. The molecule has 2 aromatic carbocycles. The van der Waals surface area contributed by atoms with E-state index in [1.807, 2.05) is 25.1 Å². The third-order valence-corrected chi connectivity index (χ3v) is 3.76. The maximum Gasteiger partial charge on any atom is 0.338 e. The van der Waals surface area contributed by atoms with E-state index >= 15 is 0 Å². The van der Waals surface area contributed by atoms with Gasteiger partial charge in [0.05, 0.1) is 5.56 Å². The van der Waals surface area contributed by atoms with Crippen molar-refractivity contribution in [3.8, 4) is 5.75 Å². The summed E-state index contributed by atoms with van der Waals surface area (Å²) in [6.45, 7) is 5.65. The van der Waals surface area contributed by atoms with E-state index < -0.39 is 0 Å². The van der Waals surface area contributed by atoms with Gasteiger partial charge in [0.25, 0.3) is 0 Å². The minimum Gasteiger partial charge on any atom is -0.491 e. The Labute approximate surface area is 130 Å². The number of hydrogen-bond acceptors (Lipinski definition) is 4. The van der Waals surface area contributed by atoms with E-state index in [9.17, 15) is 4.79 Å². The quantitative estimate of drug-likeness (QED) is 0.678. The minimum absolute atomic E-state index is 0.245. The number of aryl methyl sites for hydroxylation is 2. The molecule has 0 radical (unpaired) electrons. The van der Waals surface area contributed by atoms with Crippen LogP contribution in [-0.2, 0) is 11.3 Å². The van der Waals surface area contributed by atoms with Crippen LogP contribution in [0.15, 0.2) is 36.4 Å². The molecular formula is C18H19NO3. The number of fused-ring (bicyclic) bond motifs is 1. The van der Waals surface area contributed by atoms with Crippen molar-refractivity contribution in [1.29, 1.82) is 0 Å². The van der Waals surface area contributed by atoms with E-state index in [-0.39, 0.29) is 5.97 Å². The van der Waals surface area contributed by atoms with Crippen LogP contribution in [0, 0.1) is 13.8 Å². The lowest BCUT2D eigenvalue weighted by molar-refractivity contribution is 0.0535. The van der Waals surface area contributed by atoms with E-state index in [2.05, 4.69) is 24.4 Å². The SMILES string of the molecule is Cc1ccc(C)c(OCCNc2cccc3c2COC3=O)c1. The molecule has 0 saturated carbocycles. The molecule has 0 fully saturated rings. The Balaban J connectivity index is 1.58. The molecule has 4 nitrogen and oxygen atoms in total. The van der Waals surface area contributed by atoms with Gasteiger partial charge in [-0.2, -0.15) is 0 Å². The van der Waals surface area contributed by atoms with Crippen molar-refractivity contribution in [3.63, 3.8) is 0 Å². The van der Waals surface area contributed by atoms with Gasteiger partial charge < -0.3 is 14.8 Å². The maximum absolute atomic E-state index is 11.5. The summed E-state index contributed by atoms with van der Waals surface area (Å²) in [5, 5.41) is 3.31. The molecule has 22 heavy (non-hydrogen) atoms. The van der Waals surface area contributed by atoms with Crippen LogP contribution in [0.3, 0.4) is 0 Å². The highest BCUT2D eigenvalue weighted by Gasteiger charge is 2.23. The summed E-state index contributed by atoms with van der Waals surface area (Å²) >= 11 is 0. The van der Waals surface area contributed by atoms with Crippen LogP contribution in [0.25, 0.3) is 0 Å². The topological polar surface area (TPSA) is 47.6 Å². The monoisotopic (exact) mass is 297 g/mol. The average molecular weight is 297 g/mol. The van der Waals surface area contributed by atoms with E-state index in [0.717, 1.165) is 22.6 Å². The fraction of sp³-hybridized carbons (Fsp3) is 0.278. The number of carbonyl (C=O) groups excluding carboxylic acids is 1. The Bertz CT molecular complexity index is 709. The van der Waals surface area contributed by atoms with Crippen LogP contribution < -0.4 is 10.1 Å². The van der Waals surface area contributed by atoms with Crippen LogP contribution in [0.1, 0.15) is 27.0 Å². The molecule has 1 heterocycles. The number of carbonyl (C=O) groups is 1. The zero-order valence-corrected chi connectivity index (χ0v) is 12.8. The number of anilines is 1. The molecule has 0 spiro atoms. The molecule has 0 atom stereocenters. The Hall–Kier alpha value is -2.49. The molecular weight excluding hydrogens is 278 g/mol. The first-order valence-electron chi connectivity index (χ1n) is 7.38. The predicted molar refractivity (Wildman–Crippen MR) is 85.5 cm³/mol. The number of benzene rings is 2. The van der Waals surface area contributed by atoms with Gasteiger partial charge in [-0.05, 0) is 43.2 Å². The predicted octanol–water partition coefficient (Wildman–Crippen LogP) is 3.46. The summed E-state index contributed by atoms with van der Waals surface area (Å²) in [5.74, 6) is 0.670. The molecule has 3 rings (SSSR count). The first-order chi connectivity index (χ1) is 10.6. The number of esters is 1. The molecule has 0 saturated heterocycles. The molecule has 0 aliphatic carbocycles. The van der Waals surface area contributed by atoms with Gasteiger partial charge in [0.15, 0.2) is 0 Å². The molecule has 114 valence electrons. The second-order valence-electron chi connectivity index (χ2n) is 5.45. The lowest BCUT2D eigenvalue weighted by Crippen LogP contribution is -2.13. The molecule has 1 aliphatic rings. The summed E-state index contributed by atoms with van der Waals surface area (Å²) in [6.07, 6.45) is 0. The summed E-state index contributed by atoms with van der Waals surface area (Å²) in [4.78, 5) is 11.5. The van der Waals surface area contributed by atoms with Gasteiger partial charge in [0.1, 0.15) is 19.0 Å². The van der Waals surface area contributed by atoms with E-state index in [0.29, 0.717) is 25.3 Å². The summed E-state index contributed by atoms with van der Waals surface area (Å²) in [7, 11) is 0. The van der Waals surface area contributed by atoms with Crippen LogP contribution in [0.4, 0.5) is 5.69 Å². The van der Waals surface area contributed by atoms with Crippen molar-refractivity contribution in [2.45, 2.75) is 20.5 Å². The first-order valence-corrected chi connectivity index (χ1v) is 7.38. The van der Waals surface area contributed by atoms with Gasteiger partial charge in [0, 0.05) is 17.8 Å². The van der Waals surface area contributed by atoms with Crippen LogP contribution in [0.5, 0.6) is 5.75 Å². The van der Waals surface area contributed by atoms with Gasteiger partial charge in [-0.25, -0.2) is 4.79 Å². The van der Waals surface area contributed by atoms with Crippen LogP contribution in [-0.4, -0.2) is 19.1 Å². The first kappa shape index (κ1) is 14.4. The molecule has 2 aromatic rings. The fourth-order valence-electron chi connectivity index (χ4n) is 2.52. The highest BCUT2D eigenvalue weighted by atomic mass is 16.5. The minimum atomic E-state index is -0.245. The molecule has 1 aliphatic heterocycles. The maximum atomic E-state index is 11.5. The lowest BCUT2D eigenvalue weighted by atomic mass is 10.1. The van der Waals surface area contributed by atoms with Gasteiger partial charge in [0.2, 0.25) is 0 Å². The van der Waals surface area contributed by atoms with Gasteiger partial charge in [-0.3, -0.25) is 0 Å². The van der Waals surface area contributed by atoms with Crippen molar-refractivity contribution in [2.24, 2.45) is 0 Å². The van der Waals surface area contributed by atoms with E-state index in [1.54, 1.807) is 6.07 Å². The number of ether oxygens (including phenoxy) is 2. The average Bonchev–Trinajstić information content (AvgIpc) is 2.89. The number of hydrogen-bond donors (Lipinski definition) is 1. The van der Waals surface area contributed by atoms with Crippen molar-refractivity contribution in [3.05, 3.63) is 58.7 Å². The smallest absolute Gasteiger partial charge is 0.338 e. The second kappa shape index (κ2) is 6.10. The normalized spacial score (nSPS) is 12.7. The highest BCUT2D eigenvalue weighted by molar-refractivity contribution is 5.95. The molecule has 0 aromatic heterocycles. The van der Waals surface area contributed by atoms with Crippen LogP contribution >= 0.6 is 0 Å². The van der Waals surface area contributed by atoms with Crippen molar-refractivity contribution < 1.29 is 14.3 Å². The molecule has 0 bridgehead atoms. The van der Waals surface area contributed by atoms with Crippen molar-refractivity contribution in [2.75, 3.05) is 18.5 Å². The standard InChI is InChI=1S/C18H19NO3/c1-12-6-7-13(2)17(10-12)21-9-8-19-16-5-3-4-14-15(16)11-22-18(14)20/h3-7,10,19H,8-9,11H2,1-2H3. The lowest BCUT2D eigenvalue weighted by Gasteiger charge is -2.12. The third kappa shape index (κ3) is 2.91. The largest absolute Gasteiger partial charge is 0.491 e. The number of cyclic esters (lactones) is 1. The highest BCUT2D eigenvalue weighted by Crippen LogP contribution is 2.27. The van der Waals surface area contributed by atoms with Gasteiger partial charge >= 0.3 is 5.97 Å². The second-order valence-corrected chi connectivity index (χ2v) is 5.45. The van der Waals surface area contributed by atoms with Crippen LogP contribution in [0.2, 0.25) is 0 Å². The molecule has 4 heteroatoms. The van der Waals surface area contributed by atoms with Gasteiger partial charge in [-0.1, -0.05) is 18.2 Å². The molecule has 0 unspecified atom stereocenters. The zero-order chi connectivity index (χ0) is 15.5. The van der Waals surface area contributed by atoms with E-state index in [1.165, 1.54) is 5.56 Å². The molecule has 0 amide bonds. The van der Waals surface area contributed by atoms with Crippen molar-refractivity contribution in [1.82, 2.24) is 0 Å². The summed E-state index contributed by atoms with van der Waals surface area (Å²) in [6, 6.07) is 11.8. The Morgan fingerprint density at radius 1 is 1.23 bits per heavy atom. The van der Waals surface area contributed by atoms with Gasteiger partial charge in [-0.15, -0.1) is 0 Å². The Morgan fingerprint density at radius 2 is 2.09 bits per heavy atom. The van der Waals surface area contributed by atoms with E-state index in [4.69, 9.17) is 9.47 Å². The molecule has 1 N–H and O–H groups in total. The Kier molecular flexibility index (Phi) is 4.00. The van der Waals surface area contributed by atoms with Crippen molar-refractivity contribution >= 4 is 11.7 Å². The third-order valence-electron chi connectivity index (χ3n) is 3.76. The fourth-order valence-corrected chi connectivity index (χ4v) is 2.52. The number of rotatable bonds is 5. The number of nitrogens with one attached hydrogen (secondary N) is 1. The summed E-state index contributed by atoms with van der Waals surface area (Å²) in [5.41, 5.74) is 4.84. The summed E-state index contributed by atoms with van der Waals surface area (Å²) < 4.78 is 10.9.